The molecule has 0 bridgehead atoms. The molecule has 7 nitrogen and oxygen atoms in total. The van der Waals surface area contributed by atoms with E-state index in [1.165, 1.54) is 32.4 Å². The fourth-order valence-corrected chi connectivity index (χ4v) is 3.15. The highest BCUT2D eigenvalue weighted by Crippen LogP contribution is 2.18. The van der Waals surface area contributed by atoms with Crippen molar-refractivity contribution in [2.24, 2.45) is 0 Å². The molecule has 25 heavy (non-hydrogen) atoms. The van der Waals surface area contributed by atoms with Gasteiger partial charge in [-0.1, -0.05) is 18.2 Å². The molecule has 0 aliphatic carbocycles. The Morgan fingerprint density at radius 1 is 1.04 bits per heavy atom. The summed E-state index contributed by atoms with van der Waals surface area (Å²) < 4.78 is 25.5. The Morgan fingerprint density at radius 3 is 2.48 bits per heavy atom. The molecule has 1 N–H and O–H groups in total. The van der Waals surface area contributed by atoms with E-state index in [1.807, 2.05) is 12.1 Å². The minimum absolute atomic E-state index is 0.0971. The number of fused-ring (bicyclic) bond motifs is 1. The topological polar surface area (TPSA) is 92.3 Å². The second kappa shape index (κ2) is 6.58. The Labute approximate surface area is 145 Å². The summed E-state index contributed by atoms with van der Waals surface area (Å²) in [6.45, 7) is 0. The molecule has 1 aromatic heterocycles. The van der Waals surface area contributed by atoms with Gasteiger partial charge >= 0.3 is 0 Å². The zero-order valence-electron chi connectivity index (χ0n) is 13.7. The minimum atomic E-state index is -3.57. The van der Waals surface area contributed by atoms with Crippen molar-refractivity contribution < 1.29 is 13.2 Å². The van der Waals surface area contributed by atoms with Gasteiger partial charge in [0.1, 0.15) is 5.69 Å². The van der Waals surface area contributed by atoms with Gasteiger partial charge in [0.2, 0.25) is 10.0 Å². The number of anilines is 1. The van der Waals surface area contributed by atoms with Crippen LogP contribution in [0.4, 0.5) is 5.69 Å². The number of nitrogens with zero attached hydrogens (tertiary/aromatic N) is 3. The van der Waals surface area contributed by atoms with Gasteiger partial charge in [0.05, 0.1) is 22.1 Å². The number of hydrogen-bond donors (Lipinski definition) is 1. The molecular weight excluding hydrogens is 340 g/mol. The number of sulfonamides is 1. The van der Waals surface area contributed by atoms with Gasteiger partial charge in [-0.3, -0.25) is 9.78 Å². The van der Waals surface area contributed by atoms with Gasteiger partial charge in [-0.15, -0.1) is 0 Å². The van der Waals surface area contributed by atoms with E-state index >= 15 is 0 Å². The van der Waals surface area contributed by atoms with Gasteiger partial charge < -0.3 is 5.32 Å². The summed E-state index contributed by atoms with van der Waals surface area (Å²) in [5.41, 5.74) is 1.82. The molecule has 0 atom stereocenters. The highest BCUT2D eigenvalue weighted by atomic mass is 32.2. The Kier molecular flexibility index (Phi) is 4.47. The molecule has 3 rings (SSSR count). The number of aromatic nitrogens is 2. The maximum Gasteiger partial charge on any atom is 0.275 e. The molecule has 1 amide bonds. The van der Waals surface area contributed by atoms with E-state index in [-0.39, 0.29) is 10.6 Å². The van der Waals surface area contributed by atoms with Crippen molar-refractivity contribution in [2.75, 3.05) is 19.4 Å². The molecule has 0 spiro atoms. The van der Waals surface area contributed by atoms with Crippen molar-refractivity contribution in [3.05, 3.63) is 60.4 Å². The van der Waals surface area contributed by atoms with Crippen LogP contribution >= 0.6 is 0 Å². The maximum atomic E-state index is 12.4. The summed E-state index contributed by atoms with van der Waals surface area (Å²) in [7, 11) is -0.675. The largest absolute Gasteiger partial charge is 0.321 e. The highest BCUT2D eigenvalue weighted by Gasteiger charge is 2.18. The van der Waals surface area contributed by atoms with Crippen molar-refractivity contribution in [1.82, 2.24) is 14.3 Å². The molecule has 0 unspecified atom stereocenters. The van der Waals surface area contributed by atoms with Crippen LogP contribution in [-0.2, 0) is 10.0 Å². The standard InChI is InChI=1S/C17H16N4O3S/c1-21(2)25(23,24)13-7-5-6-12(10-13)19-17(22)16-11-18-14-8-3-4-9-15(14)20-16/h3-11H,1-2H3,(H,19,22). The summed E-state index contributed by atoms with van der Waals surface area (Å²) in [6.07, 6.45) is 1.39. The number of para-hydroxylation sites is 2. The van der Waals surface area contributed by atoms with Crippen LogP contribution in [0.2, 0.25) is 0 Å². The molecule has 0 saturated heterocycles. The van der Waals surface area contributed by atoms with Crippen LogP contribution in [0.3, 0.4) is 0 Å². The molecule has 0 fully saturated rings. The summed E-state index contributed by atoms with van der Waals surface area (Å²) >= 11 is 0. The number of carbonyl (C=O) groups excluding carboxylic acids is 1. The summed E-state index contributed by atoms with van der Waals surface area (Å²) in [6, 6.07) is 13.3. The smallest absolute Gasteiger partial charge is 0.275 e. The van der Waals surface area contributed by atoms with Crippen molar-refractivity contribution in [1.29, 1.82) is 0 Å². The van der Waals surface area contributed by atoms with Crippen molar-refractivity contribution >= 4 is 32.7 Å². The lowest BCUT2D eigenvalue weighted by Crippen LogP contribution is -2.22. The van der Waals surface area contributed by atoms with Crippen molar-refractivity contribution in [2.45, 2.75) is 4.90 Å². The van der Waals surface area contributed by atoms with Gasteiger partial charge in [-0.2, -0.15) is 0 Å². The fraction of sp³-hybridized carbons (Fsp3) is 0.118. The molecule has 0 aliphatic heterocycles. The van der Waals surface area contributed by atoms with E-state index in [0.29, 0.717) is 16.7 Å². The number of nitrogens with one attached hydrogen (secondary N) is 1. The van der Waals surface area contributed by atoms with E-state index in [1.54, 1.807) is 24.3 Å². The third-order valence-corrected chi connectivity index (χ3v) is 5.36. The molecule has 0 radical (unpaired) electrons. The van der Waals surface area contributed by atoms with Gasteiger partial charge in [0.25, 0.3) is 5.91 Å². The fourth-order valence-electron chi connectivity index (χ4n) is 2.21. The molecular formula is C17H16N4O3S. The minimum Gasteiger partial charge on any atom is -0.321 e. The highest BCUT2D eigenvalue weighted by molar-refractivity contribution is 7.89. The van der Waals surface area contributed by atoms with Crippen LogP contribution in [-0.4, -0.2) is 42.7 Å². The Bertz CT molecular complexity index is 1050. The predicted molar refractivity (Wildman–Crippen MR) is 94.8 cm³/mol. The van der Waals surface area contributed by atoms with E-state index < -0.39 is 15.9 Å². The number of carbonyl (C=O) groups is 1. The lowest BCUT2D eigenvalue weighted by Gasteiger charge is -2.12. The Hall–Kier alpha value is -2.84. The summed E-state index contributed by atoms with van der Waals surface area (Å²) in [5, 5.41) is 2.65. The third kappa shape index (κ3) is 3.49. The third-order valence-electron chi connectivity index (χ3n) is 3.55. The summed E-state index contributed by atoms with van der Waals surface area (Å²) in [5.74, 6) is -0.461. The number of amides is 1. The van der Waals surface area contributed by atoms with Crippen molar-refractivity contribution in [3.8, 4) is 0 Å². The zero-order chi connectivity index (χ0) is 18.0. The lowest BCUT2D eigenvalue weighted by molar-refractivity contribution is 0.102. The van der Waals surface area contributed by atoms with E-state index in [2.05, 4.69) is 15.3 Å². The van der Waals surface area contributed by atoms with Crippen molar-refractivity contribution in [3.63, 3.8) is 0 Å². The molecule has 8 heteroatoms. The molecule has 128 valence electrons. The second-order valence-electron chi connectivity index (χ2n) is 5.51. The maximum absolute atomic E-state index is 12.4. The quantitative estimate of drug-likeness (QED) is 0.773. The van der Waals surface area contributed by atoms with Crippen LogP contribution in [0.15, 0.2) is 59.6 Å². The number of benzene rings is 2. The van der Waals surface area contributed by atoms with Gasteiger partial charge in [0.15, 0.2) is 0 Å². The first-order chi connectivity index (χ1) is 11.9. The van der Waals surface area contributed by atoms with E-state index in [9.17, 15) is 13.2 Å². The van der Waals surface area contributed by atoms with Crippen LogP contribution in [0.5, 0.6) is 0 Å². The zero-order valence-corrected chi connectivity index (χ0v) is 14.5. The van der Waals surface area contributed by atoms with Gasteiger partial charge in [-0.25, -0.2) is 17.7 Å². The average Bonchev–Trinajstić information content (AvgIpc) is 2.61. The van der Waals surface area contributed by atoms with E-state index in [4.69, 9.17) is 0 Å². The van der Waals surface area contributed by atoms with Crippen LogP contribution < -0.4 is 5.32 Å². The van der Waals surface area contributed by atoms with Crippen LogP contribution in [0, 0.1) is 0 Å². The number of rotatable bonds is 4. The first-order valence-corrected chi connectivity index (χ1v) is 8.88. The molecule has 1 heterocycles. The molecule has 3 aromatic rings. The lowest BCUT2D eigenvalue weighted by atomic mass is 10.3. The molecule has 2 aromatic carbocycles. The second-order valence-corrected chi connectivity index (χ2v) is 7.67. The first kappa shape index (κ1) is 17.0. The SMILES string of the molecule is CN(C)S(=O)(=O)c1cccc(NC(=O)c2cnc3ccccc3n2)c1. The van der Waals surface area contributed by atoms with Crippen LogP contribution in [0.1, 0.15) is 10.5 Å². The van der Waals surface area contributed by atoms with E-state index in [0.717, 1.165) is 4.31 Å². The number of hydrogen-bond acceptors (Lipinski definition) is 5. The van der Waals surface area contributed by atoms with Gasteiger partial charge in [0, 0.05) is 19.8 Å². The summed E-state index contributed by atoms with van der Waals surface area (Å²) in [4.78, 5) is 20.9. The molecule has 0 saturated carbocycles. The predicted octanol–water partition coefficient (Wildman–Crippen LogP) is 2.13. The normalized spacial score (nSPS) is 11.6. The first-order valence-electron chi connectivity index (χ1n) is 7.43. The monoisotopic (exact) mass is 356 g/mol. The van der Waals surface area contributed by atoms with Gasteiger partial charge in [-0.05, 0) is 30.3 Å². The Morgan fingerprint density at radius 2 is 1.76 bits per heavy atom. The average molecular weight is 356 g/mol. The van der Waals surface area contributed by atoms with Crippen LogP contribution in [0.25, 0.3) is 11.0 Å². The molecule has 0 aliphatic rings. The Balaban J connectivity index is 1.87.